The third-order valence-corrected chi connectivity index (χ3v) is 5.72. The van der Waals surface area contributed by atoms with Crippen molar-refractivity contribution in [3.05, 3.63) is 0 Å². The molecule has 0 aliphatic carbocycles. The van der Waals surface area contributed by atoms with Crippen molar-refractivity contribution in [3.63, 3.8) is 0 Å². The molecule has 2 amide bonds. The minimum Gasteiger partial charge on any atom is -0.343 e. The number of nitrogens with one attached hydrogen (secondary N) is 1. The van der Waals surface area contributed by atoms with Crippen molar-refractivity contribution in [3.8, 4) is 0 Å². The van der Waals surface area contributed by atoms with E-state index in [1.807, 2.05) is 11.8 Å². The van der Waals surface area contributed by atoms with Crippen molar-refractivity contribution < 1.29 is 9.59 Å². The fraction of sp³-hybridized carbons (Fsp3) is 0.875. The van der Waals surface area contributed by atoms with Crippen LogP contribution in [0, 0.1) is 0 Å². The van der Waals surface area contributed by atoms with Crippen molar-refractivity contribution in [1.82, 2.24) is 15.1 Å². The Balaban J connectivity index is 1.83. The molecule has 3 heterocycles. The van der Waals surface area contributed by atoms with Crippen LogP contribution in [0.2, 0.25) is 0 Å². The van der Waals surface area contributed by atoms with E-state index in [9.17, 15) is 9.59 Å². The first-order valence-corrected chi connectivity index (χ1v) is 8.37. The van der Waals surface area contributed by atoms with Gasteiger partial charge >= 0.3 is 0 Å². The first-order chi connectivity index (χ1) is 10.0. The zero-order chi connectivity index (χ0) is 15.1. The maximum atomic E-state index is 12.6. The lowest BCUT2D eigenvalue weighted by Crippen LogP contribution is -2.67. The summed E-state index contributed by atoms with van der Waals surface area (Å²) in [4.78, 5) is 29.3. The molecule has 4 unspecified atom stereocenters. The number of rotatable bonds is 2. The second kappa shape index (κ2) is 5.59. The van der Waals surface area contributed by atoms with E-state index in [2.05, 4.69) is 17.3 Å². The minimum atomic E-state index is -0.375. The number of hydrogen-bond acceptors (Lipinski definition) is 3. The summed E-state index contributed by atoms with van der Waals surface area (Å²) < 4.78 is 0. The Morgan fingerprint density at radius 2 is 1.76 bits per heavy atom. The van der Waals surface area contributed by atoms with Gasteiger partial charge in [0.15, 0.2) is 0 Å². The molecule has 0 aromatic heterocycles. The van der Waals surface area contributed by atoms with E-state index in [0.717, 1.165) is 12.8 Å². The summed E-state index contributed by atoms with van der Waals surface area (Å²) in [6.45, 7) is 3.80. The SMILES string of the molecule is CCC1C(=O)NC(C)C(=O)N1C1CC2CCCC(C1)N2C. The van der Waals surface area contributed by atoms with E-state index in [-0.39, 0.29) is 29.9 Å². The normalized spacial score (nSPS) is 41.1. The van der Waals surface area contributed by atoms with Gasteiger partial charge in [-0.3, -0.25) is 9.59 Å². The molecule has 4 atom stereocenters. The number of piperidine rings is 2. The van der Waals surface area contributed by atoms with Crippen molar-refractivity contribution in [2.24, 2.45) is 0 Å². The van der Waals surface area contributed by atoms with Gasteiger partial charge in [-0.1, -0.05) is 13.3 Å². The highest BCUT2D eigenvalue weighted by molar-refractivity contribution is 5.96. The third kappa shape index (κ3) is 2.45. The Hall–Kier alpha value is -1.10. The number of amides is 2. The van der Waals surface area contributed by atoms with Gasteiger partial charge in [0.2, 0.25) is 11.8 Å². The van der Waals surface area contributed by atoms with Crippen molar-refractivity contribution in [2.45, 2.75) is 82.6 Å². The lowest BCUT2D eigenvalue weighted by molar-refractivity contribution is -0.154. The molecule has 0 aromatic rings. The molecule has 0 saturated carbocycles. The van der Waals surface area contributed by atoms with Crippen LogP contribution in [0.5, 0.6) is 0 Å². The first kappa shape index (κ1) is 14.8. The van der Waals surface area contributed by atoms with Crippen LogP contribution in [-0.4, -0.2) is 58.9 Å². The molecule has 1 N–H and O–H groups in total. The van der Waals surface area contributed by atoms with Crippen LogP contribution in [-0.2, 0) is 9.59 Å². The third-order valence-electron chi connectivity index (χ3n) is 5.72. The number of carbonyl (C=O) groups excluding carboxylic acids is 2. The number of piperazine rings is 1. The van der Waals surface area contributed by atoms with Crippen LogP contribution < -0.4 is 5.32 Å². The van der Waals surface area contributed by atoms with Gasteiger partial charge in [-0.15, -0.1) is 0 Å². The Labute approximate surface area is 127 Å². The predicted octanol–water partition coefficient (Wildman–Crippen LogP) is 1.13. The predicted molar refractivity (Wildman–Crippen MR) is 80.7 cm³/mol. The molecule has 3 rings (SSSR count). The number of hydrogen-bond donors (Lipinski definition) is 1. The summed E-state index contributed by atoms with van der Waals surface area (Å²) in [5, 5.41) is 2.82. The van der Waals surface area contributed by atoms with Gasteiger partial charge in [0, 0.05) is 18.1 Å². The summed E-state index contributed by atoms with van der Waals surface area (Å²) in [6.07, 6.45) is 6.50. The molecule has 3 fully saturated rings. The Morgan fingerprint density at radius 3 is 2.33 bits per heavy atom. The molecule has 118 valence electrons. The molecule has 5 heteroatoms. The second-order valence-electron chi connectivity index (χ2n) is 6.93. The molecule has 5 nitrogen and oxygen atoms in total. The molecular formula is C16H27N3O2. The Morgan fingerprint density at radius 1 is 1.14 bits per heavy atom. The summed E-state index contributed by atoms with van der Waals surface area (Å²) in [5.41, 5.74) is 0. The number of fused-ring (bicyclic) bond motifs is 2. The second-order valence-corrected chi connectivity index (χ2v) is 6.93. The van der Waals surface area contributed by atoms with Gasteiger partial charge in [-0.05, 0) is 46.1 Å². The Bertz CT molecular complexity index is 425. The van der Waals surface area contributed by atoms with Gasteiger partial charge in [-0.2, -0.15) is 0 Å². The lowest BCUT2D eigenvalue weighted by Gasteiger charge is -2.52. The van der Waals surface area contributed by atoms with Gasteiger partial charge in [0.25, 0.3) is 0 Å². The molecule has 2 bridgehead atoms. The standard InChI is InChI=1S/C16H27N3O2/c1-4-14-15(20)17-10(2)16(21)19(14)13-8-11-6-5-7-12(9-13)18(11)3/h10-14H,4-9H2,1-3H3,(H,17,20). The Kier molecular flexibility index (Phi) is 3.95. The van der Waals surface area contributed by atoms with Gasteiger partial charge < -0.3 is 15.1 Å². The van der Waals surface area contributed by atoms with E-state index in [0.29, 0.717) is 18.5 Å². The fourth-order valence-corrected chi connectivity index (χ4v) is 4.51. The summed E-state index contributed by atoms with van der Waals surface area (Å²) >= 11 is 0. The average molecular weight is 293 g/mol. The van der Waals surface area contributed by atoms with E-state index in [1.165, 1.54) is 19.3 Å². The van der Waals surface area contributed by atoms with Gasteiger partial charge in [0.1, 0.15) is 12.1 Å². The van der Waals surface area contributed by atoms with Crippen LogP contribution in [0.15, 0.2) is 0 Å². The minimum absolute atomic E-state index is 0.0219. The van der Waals surface area contributed by atoms with E-state index in [1.54, 1.807) is 6.92 Å². The molecule has 3 saturated heterocycles. The largest absolute Gasteiger partial charge is 0.343 e. The van der Waals surface area contributed by atoms with E-state index < -0.39 is 0 Å². The molecule has 21 heavy (non-hydrogen) atoms. The molecule has 0 aromatic carbocycles. The zero-order valence-corrected chi connectivity index (χ0v) is 13.3. The highest BCUT2D eigenvalue weighted by atomic mass is 16.2. The quantitative estimate of drug-likeness (QED) is 0.830. The number of nitrogens with zero attached hydrogens (tertiary/aromatic N) is 2. The van der Waals surface area contributed by atoms with Crippen LogP contribution in [0.4, 0.5) is 0 Å². The van der Waals surface area contributed by atoms with Crippen LogP contribution in [0.1, 0.15) is 52.4 Å². The van der Waals surface area contributed by atoms with Crippen LogP contribution in [0.25, 0.3) is 0 Å². The first-order valence-electron chi connectivity index (χ1n) is 8.37. The highest BCUT2D eigenvalue weighted by Gasteiger charge is 2.45. The van der Waals surface area contributed by atoms with E-state index >= 15 is 0 Å². The van der Waals surface area contributed by atoms with Crippen molar-refractivity contribution in [2.75, 3.05) is 7.05 Å². The molecule has 0 radical (unpaired) electrons. The lowest BCUT2D eigenvalue weighted by atomic mass is 9.80. The topological polar surface area (TPSA) is 52.7 Å². The highest BCUT2D eigenvalue weighted by Crippen LogP contribution is 2.36. The smallest absolute Gasteiger partial charge is 0.245 e. The molecule has 0 spiro atoms. The van der Waals surface area contributed by atoms with Crippen LogP contribution in [0.3, 0.4) is 0 Å². The van der Waals surface area contributed by atoms with Crippen molar-refractivity contribution >= 4 is 11.8 Å². The van der Waals surface area contributed by atoms with Gasteiger partial charge in [0.05, 0.1) is 0 Å². The summed E-state index contributed by atoms with van der Waals surface area (Å²) in [5.74, 6) is 0.128. The van der Waals surface area contributed by atoms with Crippen LogP contribution >= 0.6 is 0 Å². The van der Waals surface area contributed by atoms with Crippen molar-refractivity contribution in [1.29, 1.82) is 0 Å². The maximum Gasteiger partial charge on any atom is 0.245 e. The summed E-state index contributed by atoms with van der Waals surface area (Å²) in [6, 6.07) is 0.742. The monoisotopic (exact) mass is 293 g/mol. The zero-order valence-electron chi connectivity index (χ0n) is 13.3. The molecule has 3 aliphatic rings. The molecule has 3 aliphatic heterocycles. The maximum absolute atomic E-state index is 12.6. The average Bonchev–Trinajstić information content (AvgIpc) is 2.42. The molecular weight excluding hydrogens is 266 g/mol. The van der Waals surface area contributed by atoms with E-state index in [4.69, 9.17) is 0 Å². The summed E-state index contributed by atoms with van der Waals surface area (Å²) in [7, 11) is 2.22. The van der Waals surface area contributed by atoms with Gasteiger partial charge in [-0.25, -0.2) is 0 Å². The number of carbonyl (C=O) groups is 2. The fourth-order valence-electron chi connectivity index (χ4n) is 4.51.